The van der Waals surface area contributed by atoms with Crippen molar-refractivity contribution in [1.29, 1.82) is 0 Å². The molecule has 0 bridgehead atoms. The SMILES string of the molecule is CC(=O)Nc1nc2ccc(-c3ccc(O)c(F)c3)cc2s1. The molecule has 21 heavy (non-hydrogen) atoms. The van der Waals surface area contributed by atoms with Crippen molar-refractivity contribution in [2.24, 2.45) is 0 Å². The fraction of sp³-hybridized carbons (Fsp3) is 0.0667. The van der Waals surface area contributed by atoms with Crippen molar-refractivity contribution < 1.29 is 14.3 Å². The standard InChI is InChI=1S/C15H11FN2O2S/c1-8(19)17-15-18-12-4-2-10(7-14(12)21-15)9-3-5-13(20)11(16)6-9/h2-7,20H,1H3,(H,17,18,19). The van der Waals surface area contributed by atoms with Gasteiger partial charge in [0, 0.05) is 6.92 Å². The number of hydrogen-bond acceptors (Lipinski definition) is 4. The van der Waals surface area contributed by atoms with E-state index in [0.29, 0.717) is 10.7 Å². The number of phenolic OH excluding ortho intramolecular Hbond substituents is 1. The molecule has 0 unspecified atom stereocenters. The van der Waals surface area contributed by atoms with Gasteiger partial charge in [0.2, 0.25) is 5.91 Å². The van der Waals surface area contributed by atoms with Crippen molar-refractivity contribution in [2.45, 2.75) is 6.92 Å². The molecule has 6 heteroatoms. The average Bonchev–Trinajstić information content (AvgIpc) is 2.82. The van der Waals surface area contributed by atoms with Crippen LogP contribution in [0, 0.1) is 5.82 Å². The number of aromatic hydroxyl groups is 1. The summed E-state index contributed by atoms with van der Waals surface area (Å²) in [5, 5.41) is 12.4. The molecule has 4 nitrogen and oxygen atoms in total. The van der Waals surface area contributed by atoms with E-state index < -0.39 is 5.82 Å². The van der Waals surface area contributed by atoms with Crippen LogP contribution in [0.25, 0.3) is 21.3 Å². The number of halogens is 1. The van der Waals surface area contributed by atoms with E-state index in [1.807, 2.05) is 18.2 Å². The minimum Gasteiger partial charge on any atom is -0.505 e. The molecule has 0 saturated carbocycles. The van der Waals surface area contributed by atoms with E-state index >= 15 is 0 Å². The monoisotopic (exact) mass is 302 g/mol. The van der Waals surface area contributed by atoms with Gasteiger partial charge in [-0.25, -0.2) is 9.37 Å². The number of amides is 1. The lowest BCUT2D eigenvalue weighted by atomic mass is 10.1. The number of fused-ring (bicyclic) bond motifs is 1. The fourth-order valence-corrected chi connectivity index (χ4v) is 2.95. The summed E-state index contributed by atoms with van der Waals surface area (Å²) in [7, 11) is 0. The average molecular weight is 302 g/mol. The zero-order valence-corrected chi connectivity index (χ0v) is 11.9. The molecule has 0 atom stereocenters. The van der Waals surface area contributed by atoms with Crippen LogP contribution in [-0.4, -0.2) is 16.0 Å². The van der Waals surface area contributed by atoms with Gasteiger partial charge in [0.25, 0.3) is 0 Å². The fourth-order valence-electron chi connectivity index (χ4n) is 1.99. The summed E-state index contributed by atoms with van der Waals surface area (Å²) in [5.41, 5.74) is 2.26. The highest BCUT2D eigenvalue weighted by molar-refractivity contribution is 7.22. The number of carbonyl (C=O) groups excluding carboxylic acids is 1. The Morgan fingerprint density at radius 3 is 2.67 bits per heavy atom. The molecule has 2 N–H and O–H groups in total. The Bertz CT molecular complexity index is 845. The van der Waals surface area contributed by atoms with Gasteiger partial charge in [-0.3, -0.25) is 4.79 Å². The van der Waals surface area contributed by atoms with Gasteiger partial charge in [-0.05, 0) is 35.4 Å². The Labute approximate surface area is 123 Å². The third kappa shape index (κ3) is 2.71. The topological polar surface area (TPSA) is 62.2 Å². The molecule has 0 fully saturated rings. The second kappa shape index (κ2) is 5.14. The zero-order chi connectivity index (χ0) is 15.0. The molecule has 0 aliphatic carbocycles. The summed E-state index contributed by atoms with van der Waals surface area (Å²) < 4.78 is 14.3. The summed E-state index contributed by atoms with van der Waals surface area (Å²) >= 11 is 1.36. The highest BCUT2D eigenvalue weighted by Gasteiger charge is 2.08. The van der Waals surface area contributed by atoms with Crippen LogP contribution < -0.4 is 5.32 Å². The normalized spacial score (nSPS) is 10.8. The van der Waals surface area contributed by atoms with Crippen LogP contribution in [0.4, 0.5) is 9.52 Å². The zero-order valence-electron chi connectivity index (χ0n) is 11.1. The van der Waals surface area contributed by atoms with Gasteiger partial charge in [0.1, 0.15) is 0 Å². The molecule has 0 aliphatic heterocycles. The molecule has 3 aromatic rings. The van der Waals surface area contributed by atoms with E-state index in [1.54, 1.807) is 6.07 Å². The Morgan fingerprint density at radius 2 is 1.95 bits per heavy atom. The van der Waals surface area contributed by atoms with Crippen LogP contribution >= 0.6 is 11.3 Å². The molecule has 1 amide bonds. The van der Waals surface area contributed by atoms with E-state index in [9.17, 15) is 14.3 Å². The van der Waals surface area contributed by atoms with E-state index in [0.717, 1.165) is 15.8 Å². The maximum absolute atomic E-state index is 13.4. The summed E-state index contributed by atoms with van der Waals surface area (Å²) in [4.78, 5) is 15.3. The van der Waals surface area contributed by atoms with Gasteiger partial charge < -0.3 is 10.4 Å². The van der Waals surface area contributed by atoms with Gasteiger partial charge in [-0.1, -0.05) is 23.5 Å². The van der Waals surface area contributed by atoms with Crippen molar-refractivity contribution in [3.63, 3.8) is 0 Å². The highest BCUT2D eigenvalue weighted by atomic mass is 32.1. The summed E-state index contributed by atoms with van der Waals surface area (Å²) in [6.45, 7) is 1.43. The lowest BCUT2D eigenvalue weighted by Gasteiger charge is -2.02. The van der Waals surface area contributed by atoms with Crippen LogP contribution in [-0.2, 0) is 4.79 Å². The molecule has 1 heterocycles. The summed E-state index contributed by atoms with van der Waals surface area (Å²) in [5.74, 6) is -1.20. The molecular formula is C15H11FN2O2S. The number of phenols is 1. The largest absolute Gasteiger partial charge is 0.505 e. The number of anilines is 1. The van der Waals surface area contributed by atoms with Crippen LogP contribution in [0.5, 0.6) is 5.75 Å². The smallest absolute Gasteiger partial charge is 0.223 e. The summed E-state index contributed by atoms with van der Waals surface area (Å²) in [6, 6.07) is 9.78. The van der Waals surface area contributed by atoms with Crippen LogP contribution in [0.15, 0.2) is 36.4 Å². The minimum absolute atomic E-state index is 0.171. The van der Waals surface area contributed by atoms with Crippen molar-refractivity contribution in [3.05, 3.63) is 42.2 Å². The second-order valence-corrected chi connectivity index (χ2v) is 5.58. The van der Waals surface area contributed by atoms with Crippen molar-refractivity contribution in [1.82, 2.24) is 4.98 Å². The van der Waals surface area contributed by atoms with E-state index in [-0.39, 0.29) is 11.7 Å². The van der Waals surface area contributed by atoms with E-state index in [2.05, 4.69) is 10.3 Å². The Kier molecular flexibility index (Phi) is 3.31. The van der Waals surface area contributed by atoms with Crippen LogP contribution in [0.1, 0.15) is 6.92 Å². The Balaban J connectivity index is 2.03. The van der Waals surface area contributed by atoms with Gasteiger partial charge in [0.05, 0.1) is 10.2 Å². The van der Waals surface area contributed by atoms with Gasteiger partial charge in [0.15, 0.2) is 16.7 Å². The van der Waals surface area contributed by atoms with Crippen LogP contribution in [0.3, 0.4) is 0 Å². The van der Waals surface area contributed by atoms with Crippen molar-refractivity contribution in [2.75, 3.05) is 5.32 Å². The second-order valence-electron chi connectivity index (χ2n) is 4.55. The molecule has 2 aromatic carbocycles. The number of aromatic nitrogens is 1. The first-order valence-electron chi connectivity index (χ1n) is 6.20. The Morgan fingerprint density at radius 1 is 1.24 bits per heavy atom. The highest BCUT2D eigenvalue weighted by Crippen LogP contribution is 2.31. The van der Waals surface area contributed by atoms with Gasteiger partial charge in [-0.2, -0.15) is 0 Å². The number of nitrogens with zero attached hydrogens (tertiary/aromatic N) is 1. The molecule has 3 rings (SSSR count). The first-order chi connectivity index (χ1) is 10.0. The third-order valence-corrected chi connectivity index (χ3v) is 3.89. The number of nitrogens with one attached hydrogen (secondary N) is 1. The molecule has 0 spiro atoms. The molecule has 0 saturated heterocycles. The third-order valence-electron chi connectivity index (χ3n) is 2.95. The number of thiazole rings is 1. The maximum Gasteiger partial charge on any atom is 0.223 e. The maximum atomic E-state index is 13.4. The number of rotatable bonds is 2. The van der Waals surface area contributed by atoms with E-state index in [4.69, 9.17) is 0 Å². The quantitative estimate of drug-likeness (QED) is 0.757. The number of carbonyl (C=O) groups is 1. The number of hydrogen-bond donors (Lipinski definition) is 2. The van der Waals surface area contributed by atoms with Crippen LogP contribution in [0.2, 0.25) is 0 Å². The van der Waals surface area contributed by atoms with Crippen molar-refractivity contribution in [3.8, 4) is 16.9 Å². The molecule has 1 aromatic heterocycles. The number of benzene rings is 2. The minimum atomic E-state index is -0.657. The molecule has 0 radical (unpaired) electrons. The molecule has 0 aliphatic rings. The van der Waals surface area contributed by atoms with Gasteiger partial charge >= 0.3 is 0 Å². The molecular weight excluding hydrogens is 291 g/mol. The van der Waals surface area contributed by atoms with E-state index in [1.165, 1.54) is 30.4 Å². The predicted octanol–water partition coefficient (Wildman–Crippen LogP) is 3.77. The first-order valence-corrected chi connectivity index (χ1v) is 7.01. The lowest BCUT2D eigenvalue weighted by molar-refractivity contribution is -0.114. The van der Waals surface area contributed by atoms with Gasteiger partial charge in [-0.15, -0.1) is 0 Å². The summed E-state index contributed by atoms with van der Waals surface area (Å²) in [6.07, 6.45) is 0. The predicted molar refractivity (Wildman–Crippen MR) is 81.0 cm³/mol. The van der Waals surface area contributed by atoms with Crippen molar-refractivity contribution >= 4 is 32.6 Å². The lowest BCUT2D eigenvalue weighted by Crippen LogP contribution is -2.04. The molecule has 106 valence electrons. The first kappa shape index (κ1) is 13.5. The Hall–Kier alpha value is -2.47.